The molecule has 2 aliphatic heterocycles. The van der Waals surface area contributed by atoms with Crippen molar-refractivity contribution in [1.29, 1.82) is 0 Å². The Kier molecular flexibility index (Phi) is 5.56. The van der Waals surface area contributed by atoms with Crippen LogP contribution >= 0.6 is 0 Å². The normalized spacial score (nSPS) is 18.4. The van der Waals surface area contributed by atoms with Crippen molar-refractivity contribution < 1.29 is 31.8 Å². The SMILES string of the molecule is CNc1nc(Nc2cc(F)c(C3COCCN3C=O)c3c2OCC3)ncc1C(F)(F)F. The fourth-order valence-electron chi connectivity index (χ4n) is 3.77. The molecule has 1 unspecified atom stereocenters. The summed E-state index contributed by atoms with van der Waals surface area (Å²) in [5.74, 6) is -0.810. The van der Waals surface area contributed by atoms with E-state index in [4.69, 9.17) is 9.47 Å². The van der Waals surface area contributed by atoms with Crippen LogP contribution in [0.1, 0.15) is 22.7 Å². The zero-order valence-electron chi connectivity index (χ0n) is 16.4. The first-order valence-electron chi connectivity index (χ1n) is 9.49. The number of hydrogen-bond donors (Lipinski definition) is 2. The molecular formula is C19H19F4N5O3. The van der Waals surface area contributed by atoms with Crippen LogP contribution in [0.2, 0.25) is 0 Å². The number of carbonyl (C=O) groups is 1. The van der Waals surface area contributed by atoms with Gasteiger partial charge in [0.2, 0.25) is 12.4 Å². The lowest BCUT2D eigenvalue weighted by atomic mass is 9.95. The second-order valence-electron chi connectivity index (χ2n) is 6.99. The topological polar surface area (TPSA) is 88.6 Å². The Labute approximate surface area is 174 Å². The summed E-state index contributed by atoms with van der Waals surface area (Å²) in [5.41, 5.74) is 0.0551. The molecule has 3 heterocycles. The fraction of sp³-hybridized carbons (Fsp3) is 0.421. The minimum absolute atomic E-state index is 0.155. The van der Waals surface area contributed by atoms with Crippen molar-refractivity contribution in [1.82, 2.24) is 14.9 Å². The molecule has 8 nitrogen and oxygen atoms in total. The van der Waals surface area contributed by atoms with Crippen LogP contribution in [-0.2, 0) is 22.1 Å². The number of ether oxygens (including phenoxy) is 2. The number of hydrogen-bond acceptors (Lipinski definition) is 7. The van der Waals surface area contributed by atoms with Crippen LogP contribution in [0.15, 0.2) is 12.3 Å². The van der Waals surface area contributed by atoms with Crippen LogP contribution in [-0.4, -0.2) is 54.7 Å². The van der Waals surface area contributed by atoms with Crippen LogP contribution < -0.4 is 15.4 Å². The van der Waals surface area contributed by atoms with E-state index < -0.39 is 29.4 Å². The van der Waals surface area contributed by atoms with Crippen LogP contribution in [0.25, 0.3) is 0 Å². The summed E-state index contributed by atoms with van der Waals surface area (Å²) < 4.78 is 65.4. The highest BCUT2D eigenvalue weighted by Gasteiger charge is 2.36. The van der Waals surface area contributed by atoms with E-state index in [2.05, 4.69) is 20.6 Å². The maximum atomic E-state index is 15.2. The van der Waals surface area contributed by atoms with E-state index in [9.17, 15) is 18.0 Å². The number of carbonyl (C=O) groups excluding carboxylic acids is 1. The Morgan fingerprint density at radius 2 is 2.13 bits per heavy atom. The fourth-order valence-corrected chi connectivity index (χ4v) is 3.77. The minimum atomic E-state index is -4.62. The lowest BCUT2D eigenvalue weighted by molar-refractivity contribution is -0.137. The molecule has 12 heteroatoms. The first-order chi connectivity index (χ1) is 14.8. The lowest BCUT2D eigenvalue weighted by Crippen LogP contribution is -2.39. The summed E-state index contributed by atoms with van der Waals surface area (Å²) in [6.45, 7) is 1.16. The highest BCUT2D eigenvalue weighted by atomic mass is 19.4. The van der Waals surface area contributed by atoms with Gasteiger partial charge in [-0.25, -0.2) is 9.37 Å². The molecule has 1 aromatic heterocycles. The number of rotatable bonds is 5. The summed E-state index contributed by atoms with van der Waals surface area (Å²) in [7, 11) is 1.31. The molecule has 0 saturated carbocycles. The van der Waals surface area contributed by atoms with Gasteiger partial charge in [0, 0.05) is 43.4 Å². The van der Waals surface area contributed by atoms with Crippen molar-refractivity contribution in [3.8, 4) is 5.75 Å². The van der Waals surface area contributed by atoms with E-state index in [0.717, 1.165) is 6.07 Å². The number of morpholine rings is 1. The molecule has 1 atom stereocenters. The number of fused-ring (bicyclic) bond motifs is 1. The maximum absolute atomic E-state index is 15.2. The van der Waals surface area contributed by atoms with Gasteiger partial charge in [0.15, 0.2) is 0 Å². The molecule has 0 bridgehead atoms. The average Bonchev–Trinajstić information content (AvgIpc) is 3.23. The molecule has 1 saturated heterocycles. The van der Waals surface area contributed by atoms with E-state index in [1.54, 1.807) is 0 Å². The first-order valence-corrected chi connectivity index (χ1v) is 9.49. The standard InChI is InChI=1S/C19H19F4N5O3/c1-24-17-11(19(21,22)23)7-25-18(27-17)26-13-6-12(20)15(10-2-4-31-16(10)13)14-8-30-5-3-28(14)9-29/h6-7,9,14H,2-5,8H2,1H3,(H2,24,25,26,27). The first kappa shape index (κ1) is 21.1. The van der Waals surface area contributed by atoms with E-state index in [-0.39, 0.29) is 18.2 Å². The molecule has 0 spiro atoms. The third-order valence-corrected chi connectivity index (χ3v) is 5.19. The molecule has 0 aliphatic carbocycles. The van der Waals surface area contributed by atoms with Crippen molar-refractivity contribution in [3.63, 3.8) is 0 Å². The van der Waals surface area contributed by atoms with Crippen LogP contribution in [0.4, 0.5) is 35.0 Å². The van der Waals surface area contributed by atoms with E-state index in [0.29, 0.717) is 55.7 Å². The largest absolute Gasteiger partial charge is 0.491 e. The number of anilines is 3. The van der Waals surface area contributed by atoms with Crippen molar-refractivity contribution in [2.75, 3.05) is 44.0 Å². The lowest BCUT2D eigenvalue weighted by Gasteiger charge is -2.34. The zero-order chi connectivity index (χ0) is 22.2. The number of amides is 1. The van der Waals surface area contributed by atoms with Gasteiger partial charge in [-0.3, -0.25) is 4.79 Å². The summed E-state index contributed by atoms with van der Waals surface area (Å²) in [6, 6.07) is 0.575. The van der Waals surface area contributed by atoms with Crippen LogP contribution in [0.3, 0.4) is 0 Å². The van der Waals surface area contributed by atoms with E-state index in [1.807, 2.05) is 0 Å². The number of nitrogens with one attached hydrogen (secondary N) is 2. The molecule has 2 aromatic rings. The monoisotopic (exact) mass is 441 g/mol. The molecule has 2 N–H and O–H groups in total. The van der Waals surface area contributed by atoms with Gasteiger partial charge in [-0.1, -0.05) is 0 Å². The van der Waals surface area contributed by atoms with Crippen molar-refractivity contribution >= 4 is 23.9 Å². The van der Waals surface area contributed by atoms with Gasteiger partial charge in [-0.05, 0) is 0 Å². The smallest absolute Gasteiger partial charge is 0.421 e. The minimum Gasteiger partial charge on any atom is -0.491 e. The number of benzene rings is 1. The molecule has 1 amide bonds. The van der Waals surface area contributed by atoms with Gasteiger partial charge in [0.25, 0.3) is 0 Å². The van der Waals surface area contributed by atoms with Crippen LogP contribution in [0, 0.1) is 5.82 Å². The van der Waals surface area contributed by atoms with Crippen LogP contribution in [0.5, 0.6) is 5.75 Å². The third kappa shape index (κ3) is 3.94. The Balaban J connectivity index is 1.71. The Morgan fingerprint density at radius 3 is 2.84 bits per heavy atom. The van der Waals surface area contributed by atoms with Crippen molar-refractivity contribution in [2.24, 2.45) is 0 Å². The quantitative estimate of drug-likeness (QED) is 0.545. The van der Waals surface area contributed by atoms with Gasteiger partial charge < -0.3 is 25.0 Å². The molecule has 31 heavy (non-hydrogen) atoms. The molecular weight excluding hydrogens is 422 g/mol. The summed E-state index contributed by atoms with van der Waals surface area (Å²) in [5, 5.41) is 5.13. The van der Waals surface area contributed by atoms with Gasteiger partial charge >= 0.3 is 6.18 Å². The summed E-state index contributed by atoms with van der Waals surface area (Å²) in [4.78, 5) is 20.4. The Bertz CT molecular complexity index is 1000. The van der Waals surface area contributed by atoms with Gasteiger partial charge in [0.05, 0.1) is 31.5 Å². The molecule has 4 rings (SSSR count). The summed E-state index contributed by atoms with van der Waals surface area (Å²) in [6.07, 6.45) is -2.90. The predicted molar refractivity (Wildman–Crippen MR) is 102 cm³/mol. The predicted octanol–water partition coefficient (Wildman–Crippen LogP) is 2.88. The second kappa shape index (κ2) is 8.17. The molecule has 1 aromatic carbocycles. The van der Waals surface area contributed by atoms with E-state index in [1.165, 1.54) is 11.9 Å². The maximum Gasteiger partial charge on any atom is 0.421 e. The van der Waals surface area contributed by atoms with Crippen molar-refractivity contribution in [3.05, 3.63) is 34.8 Å². The number of nitrogens with zero attached hydrogens (tertiary/aromatic N) is 3. The molecule has 1 fully saturated rings. The highest BCUT2D eigenvalue weighted by Crippen LogP contribution is 2.43. The van der Waals surface area contributed by atoms with Gasteiger partial charge in [-0.15, -0.1) is 0 Å². The molecule has 166 valence electrons. The van der Waals surface area contributed by atoms with Gasteiger partial charge in [-0.2, -0.15) is 18.2 Å². The number of alkyl halides is 3. The Morgan fingerprint density at radius 1 is 1.32 bits per heavy atom. The Hall–Kier alpha value is -3.15. The number of halogens is 4. The number of aromatic nitrogens is 2. The third-order valence-electron chi connectivity index (χ3n) is 5.19. The summed E-state index contributed by atoms with van der Waals surface area (Å²) >= 11 is 0. The molecule has 0 radical (unpaired) electrons. The average molecular weight is 441 g/mol. The van der Waals surface area contributed by atoms with Gasteiger partial charge in [0.1, 0.15) is 22.9 Å². The molecule has 2 aliphatic rings. The highest BCUT2D eigenvalue weighted by molar-refractivity contribution is 5.69. The van der Waals surface area contributed by atoms with E-state index >= 15 is 4.39 Å². The second-order valence-corrected chi connectivity index (χ2v) is 6.99. The zero-order valence-corrected chi connectivity index (χ0v) is 16.4. The van der Waals surface area contributed by atoms with Crippen molar-refractivity contribution in [2.45, 2.75) is 18.6 Å².